The number of para-hydroxylation sites is 4. The van der Waals surface area contributed by atoms with E-state index in [1.54, 1.807) is 0 Å². The normalized spacial score (nSPS) is 11.3. The first-order chi connectivity index (χ1) is 33.2. The SMILES string of the molecule is c1ccc(-c2nc3ccccc3nc2-c2ccc(-c3ccc(N(c4ccc(-c5ccc(-c6nc7ccccc7nc6-c6ccccc6)cc5)cc4)c4ccc5ccccc5c4)cc3)cc2)cc1. The summed E-state index contributed by atoms with van der Waals surface area (Å²) in [4.78, 5) is 22.7. The van der Waals surface area contributed by atoms with Crippen molar-refractivity contribution in [1.29, 1.82) is 0 Å². The minimum atomic E-state index is 0.870. The Bertz CT molecular complexity index is 3490. The number of aromatic nitrogens is 4. The first kappa shape index (κ1) is 39.5. The fourth-order valence-electron chi connectivity index (χ4n) is 9.01. The molecule has 314 valence electrons. The molecule has 12 aromatic rings. The Labute approximate surface area is 389 Å². The van der Waals surface area contributed by atoms with Gasteiger partial charge in [-0.15, -0.1) is 0 Å². The molecule has 10 aromatic carbocycles. The molecule has 0 radical (unpaired) electrons. The van der Waals surface area contributed by atoms with Crippen LogP contribution in [0.2, 0.25) is 0 Å². The second-order valence-corrected chi connectivity index (χ2v) is 16.7. The van der Waals surface area contributed by atoms with Gasteiger partial charge in [0, 0.05) is 39.3 Å². The highest BCUT2D eigenvalue weighted by Crippen LogP contribution is 2.40. The van der Waals surface area contributed by atoms with Crippen LogP contribution < -0.4 is 4.90 Å². The molecule has 0 aliphatic carbocycles. The summed E-state index contributed by atoms with van der Waals surface area (Å²) in [6, 6.07) is 87.0. The smallest absolute Gasteiger partial charge is 0.0973 e. The van der Waals surface area contributed by atoms with Gasteiger partial charge >= 0.3 is 0 Å². The molecule has 0 atom stereocenters. The van der Waals surface area contributed by atoms with Crippen LogP contribution in [0.3, 0.4) is 0 Å². The van der Waals surface area contributed by atoms with E-state index in [1.165, 1.54) is 10.8 Å². The maximum Gasteiger partial charge on any atom is 0.0973 e. The van der Waals surface area contributed by atoms with Crippen molar-refractivity contribution in [2.75, 3.05) is 4.90 Å². The summed E-state index contributed by atoms with van der Waals surface area (Å²) in [6.07, 6.45) is 0. The molecule has 2 heterocycles. The van der Waals surface area contributed by atoms with E-state index in [4.69, 9.17) is 19.9 Å². The molecule has 2 aromatic heterocycles. The van der Waals surface area contributed by atoms with Crippen LogP contribution >= 0.6 is 0 Å². The van der Waals surface area contributed by atoms with Crippen molar-refractivity contribution in [3.05, 3.63) is 249 Å². The molecule has 0 amide bonds. The summed E-state index contributed by atoms with van der Waals surface area (Å²) in [6.45, 7) is 0. The average molecular weight is 856 g/mol. The van der Waals surface area contributed by atoms with Gasteiger partial charge in [-0.05, 0) is 93.7 Å². The van der Waals surface area contributed by atoms with E-state index < -0.39 is 0 Å². The maximum absolute atomic E-state index is 5.12. The van der Waals surface area contributed by atoms with Gasteiger partial charge in [0.25, 0.3) is 0 Å². The third-order valence-electron chi connectivity index (χ3n) is 12.5. The summed E-state index contributed by atoms with van der Waals surface area (Å²) in [7, 11) is 0. The molecule has 0 unspecified atom stereocenters. The molecule has 0 saturated carbocycles. The van der Waals surface area contributed by atoms with Crippen LogP contribution in [0.4, 0.5) is 17.1 Å². The van der Waals surface area contributed by atoms with Crippen molar-refractivity contribution in [3.63, 3.8) is 0 Å². The van der Waals surface area contributed by atoms with Crippen LogP contribution in [-0.2, 0) is 0 Å². The van der Waals surface area contributed by atoms with Crippen LogP contribution in [0.25, 0.3) is 100 Å². The quantitative estimate of drug-likeness (QED) is 0.145. The number of anilines is 3. The number of benzene rings is 10. The lowest BCUT2D eigenvalue weighted by Crippen LogP contribution is -2.09. The Kier molecular flexibility index (Phi) is 10.1. The van der Waals surface area contributed by atoms with E-state index in [9.17, 15) is 0 Å². The van der Waals surface area contributed by atoms with Crippen molar-refractivity contribution >= 4 is 49.9 Å². The second-order valence-electron chi connectivity index (χ2n) is 16.7. The molecule has 0 aliphatic rings. The monoisotopic (exact) mass is 855 g/mol. The Morgan fingerprint density at radius 1 is 0.209 bits per heavy atom. The second kappa shape index (κ2) is 17.1. The summed E-state index contributed by atoms with van der Waals surface area (Å²) in [5.74, 6) is 0. The Balaban J connectivity index is 0.855. The van der Waals surface area contributed by atoms with Gasteiger partial charge in [0.2, 0.25) is 0 Å². The summed E-state index contributed by atoms with van der Waals surface area (Å²) < 4.78 is 0. The molecule has 0 fully saturated rings. The molecular weight excluding hydrogens is 815 g/mol. The molecule has 0 spiro atoms. The molecule has 0 N–H and O–H groups in total. The van der Waals surface area contributed by atoms with Gasteiger partial charge in [0.15, 0.2) is 0 Å². The predicted molar refractivity (Wildman–Crippen MR) is 277 cm³/mol. The Morgan fingerprint density at radius 3 is 0.881 bits per heavy atom. The van der Waals surface area contributed by atoms with Crippen LogP contribution in [0.1, 0.15) is 0 Å². The third kappa shape index (κ3) is 7.75. The van der Waals surface area contributed by atoms with Crippen LogP contribution in [0.15, 0.2) is 249 Å². The number of fused-ring (bicyclic) bond motifs is 3. The van der Waals surface area contributed by atoms with E-state index in [-0.39, 0.29) is 0 Å². The Morgan fingerprint density at radius 2 is 0.493 bits per heavy atom. The van der Waals surface area contributed by atoms with Gasteiger partial charge in [-0.25, -0.2) is 19.9 Å². The van der Waals surface area contributed by atoms with Crippen molar-refractivity contribution in [3.8, 4) is 67.3 Å². The zero-order chi connectivity index (χ0) is 44.5. The molecule has 67 heavy (non-hydrogen) atoms. The van der Waals surface area contributed by atoms with E-state index >= 15 is 0 Å². The van der Waals surface area contributed by atoms with Crippen LogP contribution in [0, 0.1) is 0 Å². The van der Waals surface area contributed by atoms with Crippen molar-refractivity contribution in [2.24, 2.45) is 0 Å². The standard InChI is InChI=1S/C62H41N5/c1-3-14-47(15-4-1)59-61(65-57-21-11-9-19-55(57)63-59)49-27-23-43(24-28-49)45-31-36-52(37-32-45)67(54-40-35-42-13-7-8-18-51(42)41-54)53-38-33-46(34-39-53)44-25-29-50(30-26-44)62-60(48-16-5-2-6-17-48)64-56-20-10-12-22-58(56)66-62/h1-41H. The molecule has 0 saturated heterocycles. The highest BCUT2D eigenvalue weighted by molar-refractivity contribution is 5.91. The number of hydrogen-bond donors (Lipinski definition) is 0. The van der Waals surface area contributed by atoms with Gasteiger partial charge in [-0.3, -0.25) is 0 Å². The fraction of sp³-hybridized carbons (Fsp3) is 0. The van der Waals surface area contributed by atoms with E-state index in [0.717, 1.165) is 106 Å². The largest absolute Gasteiger partial charge is 0.310 e. The van der Waals surface area contributed by atoms with Gasteiger partial charge in [-0.1, -0.05) is 188 Å². The zero-order valence-electron chi connectivity index (χ0n) is 36.4. The van der Waals surface area contributed by atoms with E-state index in [0.29, 0.717) is 0 Å². The minimum absolute atomic E-state index is 0.870. The fourth-order valence-corrected chi connectivity index (χ4v) is 9.01. The van der Waals surface area contributed by atoms with E-state index in [2.05, 4.69) is 169 Å². The predicted octanol–water partition coefficient (Wildman–Crippen LogP) is 16.2. The molecule has 0 aliphatic heterocycles. The lowest BCUT2D eigenvalue weighted by molar-refractivity contribution is 1.29. The number of nitrogens with zero attached hydrogens (tertiary/aromatic N) is 5. The lowest BCUT2D eigenvalue weighted by atomic mass is 9.99. The Hall–Kier alpha value is -9.06. The zero-order valence-corrected chi connectivity index (χ0v) is 36.4. The molecule has 12 rings (SSSR count). The third-order valence-corrected chi connectivity index (χ3v) is 12.5. The molecular formula is C62H41N5. The highest BCUT2D eigenvalue weighted by Gasteiger charge is 2.17. The van der Waals surface area contributed by atoms with Gasteiger partial charge in [0.1, 0.15) is 0 Å². The maximum atomic E-state index is 5.12. The molecule has 0 bridgehead atoms. The topological polar surface area (TPSA) is 54.8 Å². The highest BCUT2D eigenvalue weighted by atomic mass is 15.1. The lowest BCUT2D eigenvalue weighted by Gasteiger charge is -2.26. The molecule has 5 nitrogen and oxygen atoms in total. The van der Waals surface area contributed by atoms with Crippen LogP contribution in [0.5, 0.6) is 0 Å². The van der Waals surface area contributed by atoms with Crippen molar-refractivity contribution in [1.82, 2.24) is 19.9 Å². The van der Waals surface area contributed by atoms with Gasteiger partial charge in [0.05, 0.1) is 44.8 Å². The summed E-state index contributed by atoms with van der Waals surface area (Å²) in [5, 5.41) is 2.40. The molecule has 5 heteroatoms. The number of rotatable bonds is 9. The summed E-state index contributed by atoms with van der Waals surface area (Å²) in [5.41, 5.74) is 18.9. The number of hydrogen-bond acceptors (Lipinski definition) is 5. The van der Waals surface area contributed by atoms with E-state index in [1.807, 2.05) is 84.9 Å². The van der Waals surface area contributed by atoms with Crippen molar-refractivity contribution < 1.29 is 0 Å². The first-order valence-electron chi connectivity index (χ1n) is 22.5. The van der Waals surface area contributed by atoms with Gasteiger partial charge in [-0.2, -0.15) is 0 Å². The summed E-state index contributed by atoms with van der Waals surface area (Å²) >= 11 is 0. The van der Waals surface area contributed by atoms with Gasteiger partial charge < -0.3 is 4.90 Å². The first-order valence-corrected chi connectivity index (χ1v) is 22.5. The average Bonchev–Trinajstić information content (AvgIpc) is 3.41. The van der Waals surface area contributed by atoms with Crippen molar-refractivity contribution in [2.45, 2.75) is 0 Å². The minimum Gasteiger partial charge on any atom is -0.310 e. The van der Waals surface area contributed by atoms with Crippen LogP contribution in [-0.4, -0.2) is 19.9 Å².